The average molecular weight is 349 g/mol. The van der Waals surface area contributed by atoms with Gasteiger partial charge in [-0.05, 0) is 54.9 Å². The maximum Gasteiger partial charge on any atom is 0.329 e. The van der Waals surface area contributed by atoms with E-state index in [9.17, 15) is 14.7 Å². The van der Waals surface area contributed by atoms with Crippen molar-refractivity contribution in [1.82, 2.24) is 4.90 Å². The van der Waals surface area contributed by atoms with E-state index in [1.165, 1.54) is 18.7 Å². The molecule has 1 N–H and O–H groups in total. The molecule has 0 aliphatic rings. The van der Waals surface area contributed by atoms with Crippen LogP contribution in [0.2, 0.25) is 5.02 Å². The number of nitrogens with zero attached hydrogens (tertiary/aromatic N) is 1. The Labute approximate surface area is 125 Å². The Balaban J connectivity index is 3.19. The highest BCUT2D eigenvalue weighted by atomic mass is 79.9. The van der Waals surface area contributed by atoms with Gasteiger partial charge >= 0.3 is 5.97 Å². The summed E-state index contributed by atoms with van der Waals surface area (Å²) >= 11 is 9.10. The van der Waals surface area contributed by atoms with Crippen LogP contribution in [0.5, 0.6) is 0 Å². The fraction of sp³-hybridized carbons (Fsp3) is 0.385. The van der Waals surface area contributed by atoms with Crippen LogP contribution in [-0.2, 0) is 4.79 Å². The predicted molar refractivity (Wildman–Crippen MR) is 77.6 cm³/mol. The third-order valence-electron chi connectivity index (χ3n) is 2.92. The fourth-order valence-electron chi connectivity index (χ4n) is 1.72. The number of amides is 1. The number of halogens is 2. The van der Waals surface area contributed by atoms with Crippen molar-refractivity contribution in [3.63, 3.8) is 0 Å². The standard InChI is InChI=1S/C13H15BrClNO3/c1-4-16(13(2,3)12(18)19)11(17)9-6-5-8(15)7-10(9)14/h5-7H,4H2,1-3H3,(H,18,19). The van der Waals surface area contributed by atoms with E-state index in [-0.39, 0.29) is 5.91 Å². The van der Waals surface area contributed by atoms with E-state index in [2.05, 4.69) is 15.9 Å². The van der Waals surface area contributed by atoms with Crippen LogP contribution in [0.1, 0.15) is 31.1 Å². The first-order valence-corrected chi connectivity index (χ1v) is 6.89. The summed E-state index contributed by atoms with van der Waals surface area (Å²) in [6, 6.07) is 4.78. The minimum Gasteiger partial charge on any atom is -0.480 e. The van der Waals surface area contributed by atoms with Crippen LogP contribution in [-0.4, -0.2) is 34.0 Å². The first-order valence-electron chi connectivity index (χ1n) is 5.72. The van der Waals surface area contributed by atoms with Crippen LogP contribution in [0.15, 0.2) is 22.7 Å². The molecule has 0 aliphatic heterocycles. The smallest absolute Gasteiger partial charge is 0.329 e. The third-order valence-corrected chi connectivity index (χ3v) is 3.81. The Morgan fingerprint density at radius 2 is 2.00 bits per heavy atom. The third kappa shape index (κ3) is 3.28. The van der Waals surface area contributed by atoms with Gasteiger partial charge in [0.2, 0.25) is 0 Å². The van der Waals surface area contributed by atoms with Gasteiger partial charge in [-0.1, -0.05) is 11.6 Å². The van der Waals surface area contributed by atoms with Crippen LogP contribution in [0, 0.1) is 0 Å². The molecule has 0 radical (unpaired) electrons. The molecular weight excluding hydrogens is 334 g/mol. The van der Waals surface area contributed by atoms with Gasteiger partial charge in [0.25, 0.3) is 5.91 Å². The Hall–Kier alpha value is -1.07. The second-order valence-corrected chi connectivity index (χ2v) is 5.83. The maximum atomic E-state index is 12.4. The molecule has 0 bridgehead atoms. The number of benzene rings is 1. The van der Waals surface area contributed by atoms with Crippen molar-refractivity contribution < 1.29 is 14.7 Å². The summed E-state index contributed by atoms with van der Waals surface area (Å²) in [4.78, 5) is 25.0. The second kappa shape index (κ2) is 5.92. The monoisotopic (exact) mass is 347 g/mol. The maximum absolute atomic E-state index is 12.4. The number of aliphatic carboxylic acids is 1. The molecule has 19 heavy (non-hydrogen) atoms. The molecule has 4 nitrogen and oxygen atoms in total. The lowest BCUT2D eigenvalue weighted by Gasteiger charge is -2.34. The molecular formula is C13H15BrClNO3. The van der Waals surface area contributed by atoms with Crippen molar-refractivity contribution in [3.05, 3.63) is 33.3 Å². The van der Waals surface area contributed by atoms with Crippen LogP contribution in [0.4, 0.5) is 0 Å². The molecule has 1 aromatic rings. The molecule has 0 fully saturated rings. The molecule has 0 atom stereocenters. The van der Waals surface area contributed by atoms with E-state index in [0.29, 0.717) is 21.6 Å². The van der Waals surface area contributed by atoms with Gasteiger partial charge in [0.15, 0.2) is 0 Å². The molecule has 1 rings (SSSR count). The molecule has 104 valence electrons. The van der Waals surface area contributed by atoms with E-state index in [1.54, 1.807) is 25.1 Å². The highest BCUT2D eigenvalue weighted by Crippen LogP contribution is 2.25. The SMILES string of the molecule is CCN(C(=O)c1ccc(Cl)cc1Br)C(C)(C)C(=O)O. The number of carbonyl (C=O) groups is 2. The molecule has 1 amide bonds. The number of carboxylic acid groups (broad SMARTS) is 1. The van der Waals surface area contributed by atoms with Crippen LogP contribution < -0.4 is 0 Å². The van der Waals surface area contributed by atoms with Gasteiger partial charge in [-0.25, -0.2) is 4.79 Å². The minimum atomic E-state index is -1.27. The average Bonchev–Trinajstić information content (AvgIpc) is 2.28. The number of likely N-dealkylation sites (N-methyl/N-ethyl adjacent to an activating group) is 1. The fourth-order valence-corrected chi connectivity index (χ4v) is 2.57. The summed E-state index contributed by atoms with van der Waals surface area (Å²) in [6.07, 6.45) is 0. The van der Waals surface area contributed by atoms with Gasteiger partial charge in [-0.15, -0.1) is 0 Å². The molecule has 0 spiro atoms. The molecule has 6 heteroatoms. The zero-order valence-corrected chi connectivity index (χ0v) is 13.2. The molecule has 0 heterocycles. The summed E-state index contributed by atoms with van der Waals surface area (Å²) < 4.78 is 0.546. The van der Waals surface area contributed by atoms with Crippen molar-refractivity contribution >= 4 is 39.4 Å². The number of hydrogen-bond acceptors (Lipinski definition) is 2. The lowest BCUT2D eigenvalue weighted by molar-refractivity contribution is -0.147. The summed E-state index contributed by atoms with van der Waals surface area (Å²) in [5, 5.41) is 9.73. The topological polar surface area (TPSA) is 57.6 Å². The molecule has 0 aromatic heterocycles. The Bertz CT molecular complexity index is 517. The van der Waals surface area contributed by atoms with E-state index in [4.69, 9.17) is 11.6 Å². The van der Waals surface area contributed by atoms with Gasteiger partial charge in [0.1, 0.15) is 5.54 Å². The molecule has 1 aromatic carbocycles. The van der Waals surface area contributed by atoms with Crippen molar-refractivity contribution in [2.75, 3.05) is 6.54 Å². The first kappa shape index (κ1) is 16.0. The first-order chi connectivity index (χ1) is 8.71. The molecule has 0 aliphatic carbocycles. The van der Waals surface area contributed by atoms with Crippen molar-refractivity contribution in [2.24, 2.45) is 0 Å². The van der Waals surface area contributed by atoms with Gasteiger partial charge in [-0.3, -0.25) is 4.79 Å². The highest BCUT2D eigenvalue weighted by molar-refractivity contribution is 9.10. The summed E-state index contributed by atoms with van der Waals surface area (Å²) in [6.45, 7) is 5.04. The van der Waals surface area contributed by atoms with E-state index >= 15 is 0 Å². The summed E-state index contributed by atoms with van der Waals surface area (Å²) in [5.41, 5.74) is -0.883. The van der Waals surface area contributed by atoms with Crippen LogP contribution in [0.3, 0.4) is 0 Å². The van der Waals surface area contributed by atoms with E-state index in [0.717, 1.165) is 0 Å². The second-order valence-electron chi connectivity index (χ2n) is 4.54. The lowest BCUT2D eigenvalue weighted by atomic mass is 10.0. The number of carboxylic acids is 1. The van der Waals surface area contributed by atoms with Gasteiger partial charge in [-0.2, -0.15) is 0 Å². The number of carbonyl (C=O) groups excluding carboxylic acids is 1. The van der Waals surface area contributed by atoms with Crippen molar-refractivity contribution in [3.8, 4) is 0 Å². The van der Waals surface area contributed by atoms with Crippen molar-refractivity contribution in [1.29, 1.82) is 0 Å². The Morgan fingerprint density at radius 3 is 2.42 bits per heavy atom. The Morgan fingerprint density at radius 1 is 1.42 bits per heavy atom. The summed E-state index contributed by atoms with van der Waals surface area (Å²) in [5.74, 6) is -1.40. The van der Waals surface area contributed by atoms with Gasteiger partial charge in [0, 0.05) is 16.0 Å². The number of rotatable bonds is 4. The Kier molecular flexibility index (Phi) is 4.98. The quantitative estimate of drug-likeness (QED) is 0.907. The van der Waals surface area contributed by atoms with E-state index in [1.807, 2.05) is 0 Å². The van der Waals surface area contributed by atoms with E-state index < -0.39 is 11.5 Å². The lowest BCUT2D eigenvalue weighted by Crippen LogP contribution is -2.53. The summed E-state index contributed by atoms with van der Waals surface area (Å²) in [7, 11) is 0. The predicted octanol–water partition coefficient (Wildman–Crippen LogP) is 3.43. The zero-order valence-electron chi connectivity index (χ0n) is 10.9. The van der Waals surface area contributed by atoms with Crippen molar-refractivity contribution in [2.45, 2.75) is 26.3 Å². The number of hydrogen-bond donors (Lipinski definition) is 1. The minimum absolute atomic E-state index is 0.299. The largest absolute Gasteiger partial charge is 0.480 e. The normalized spacial score (nSPS) is 11.2. The van der Waals surface area contributed by atoms with Crippen LogP contribution in [0.25, 0.3) is 0 Å². The van der Waals surface area contributed by atoms with Crippen LogP contribution >= 0.6 is 27.5 Å². The zero-order chi connectivity index (χ0) is 14.8. The molecule has 0 unspecified atom stereocenters. The van der Waals surface area contributed by atoms with Gasteiger partial charge in [0.05, 0.1) is 5.56 Å². The molecule has 0 saturated heterocycles. The highest BCUT2D eigenvalue weighted by Gasteiger charge is 2.37. The molecule has 0 saturated carbocycles. The van der Waals surface area contributed by atoms with Gasteiger partial charge < -0.3 is 10.0 Å².